The molecule has 1 fully saturated rings. The predicted octanol–water partition coefficient (Wildman–Crippen LogP) is 3.20. The van der Waals surface area contributed by atoms with Crippen molar-refractivity contribution in [1.82, 2.24) is 20.4 Å². The van der Waals surface area contributed by atoms with Gasteiger partial charge in [-0.15, -0.1) is 5.10 Å². The number of rotatable bonds is 7. The molecule has 0 radical (unpaired) electrons. The molecule has 9 heteroatoms. The monoisotopic (exact) mass is 440 g/mol. The number of aromatic nitrogens is 2. The van der Waals surface area contributed by atoms with E-state index < -0.39 is 0 Å². The molecule has 0 spiro atoms. The van der Waals surface area contributed by atoms with E-state index >= 15 is 0 Å². The van der Waals surface area contributed by atoms with Crippen LogP contribution in [0.1, 0.15) is 11.3 Å². The van der Waals surface area contributed by atoms with Gasteiger partial charge in [-0.05, 0) is 36.8 Å². The molecule has 1 N–H and O–H groups in total. The van der Waals surface area contributed by atoms with E-state index in [2.05, 4.69) is 20.4 Å². The summed E-state index contributed by atoms with van der Waals surface area (Å²) in [4.78, 5) is 14.4. The maximum absolute atomic E-state index is 12.1. The van der Waals surface area contributed by atoms with Crippen LogP contribution in [0.15, 0.2) is 35.4 Å². The number of carbonyl (C=O) groups is 1. The molecule has 0 aliphatic carbocycles. The van der Waals surface area contributed by atoms with Gasteiger partial charge in [0.05, 0.1) is 34.2 Å². The maximum atomic E-state index is 12.1. The first kappa shape index (κ1) is 21.3. The summed E-state index contributed by atoms with van der Waals surface area (Å²) in [6.07, 6.45) is -0.0374. The van der Waals surface area contributed by atoms with E-state index in [0.29, 0.717) is 28.9 Å². The third-order valence-electron chi connectivity index (χ3n) is 4.26. The number of halogens is 2. The van der Waals surface area contributed by atoms with Gasteiger partial charge in [0.1, 0.15) is 5.03 Å². The zero-order chi connectivity index (χ0) is 19.9. The van der Waals surface area contributed by atoms with E-state index in [4.69, 9.17) is 27.9 Å². The van der Waals surface area contributed by atoms with Crippen molar-refractivity contribution in [3.63, 3.8) is 0 Å². The van der Waals surface area contributed by atoms with E-state index in [1.807, 2.05) is 37.3 Å². The second-order valence-corrected chi connectivity index (χ2v) is 8.39. The lowest BCUT2D eigenvalue weighted by Gasteiger charge is -2.33. The Balaban J connectivity index is 1.41. The van der Waals surface area contributed by atoms with Gasteiger partial charge in [-0.25, -0.2) is 0 Å². The first-order chi connectivity index (χ1) is 13.5. The highest BCUT2D eigenvalue weighted by Gasteiger charge is 2.21. The number of aryl methyl sites for hydroxylation is 1. The Bertz CT molecular complexity index is 807. The number of morpholine rings is 1. The van der Waals surface area contributed by atoms with Crippen LogP contribution < -0.4 is 5.32 Å². The molecule has 1 saturated heterocycles. The average molecular weight is 441 g/mol. The van der Waals surface area contributed by atoms with E-state index in [9.17, 15) is 4.79 Å². The summed E-state index contributed by atoms with van der Waals surface area (Å²) in [5.41, 5.74) is 1.96. The summed E-state index contributed by atoms with van der Waals surface area (Å²) in [6.45, 7) is 5.35. The number of amides is 1. The van der Waals surface area contributed by atoms with Crippen molar-refractivity contribution in [3.8, 4) is 0 Å². The number of hydrogen-bond donors (Lipinski definition) is 1. The summed E-state index contributed by atoms with van der Waals surface area (Å²) < 4.78 is 5.78. The van der Waals surface area contributed by atoms with Crippen LogP contribution in [0.3, 0.4) is 0 Å². The van der Waals surface area contributed by atoms with Crippen LogP contribution in [0.25, 0.3) is 0 Å². The molecule has 1 aliphatic heterocycles. The molecule has 6 nitrogen and oxygen atoms in total. The van der Waals surface area contributed by atoms with Crippen molar-refractivity contribution >= 4 is 40.9 Å². The molecule has 1 aliphatic rings. The normalized spacial score (nSPS) is 17.5. The second kappa shape index (κ2) is 10.4. The van der Waals surface area contributed by atoms with Gasteiger partial charge in [-0.3, -0.25) is 9.69 Å². The molecule has 0 unspecified atom stereocenters. The summed E-state index contributed by atoms with van der Waals surface area (Å²) in [7, 11) is 0. The minimum atomic E-state index is -0.0439. The van der Waals surface area contributed by atoms with Crippen LogP contribution in [-0.2, 0) is 16.1 Å². The van der Waals surface area contributed by atoms with Gasteiger partial charge in [0, 0.05) is 26.2 Å². The van der Waals surface area contributed by atoms with Gasteiger partial charge >= 0.3 is 0 Å². The molecule has 1 aromatic heterocycles. The fourth-order valence-electron chi connectivity index (χ4n) is 2.83. The van der Waals surface area contributed by atoms with Gasteiger partial charge in [-0.2, -0.15) is 5.10 Å². The van der Waals surface area contributed by atoms with Crippen molar-refractivity contribution in [3.05, 3.63) is 51.6 Å². The summed E-state index contributed by atoms with van der Waals surface area (Å²) in [5.74, 6) is 0.259. The number of benzene rings is 1. The van der Waals surface area contributed by atoms with E-state index in [1.54, 1.807) is 0 Å². The van der Waals surface area contributed by atoms with Crippen molar-refractivity contribution < 1.29 is 9.53 Å². The van der Waals surface area contributed by atoms with Crippen molar-refractivity contribution in [2.75, 3.05) is 32.0 Å². The maximum Gasteiger partial charge on any atom is 0.230 e. The van der Waals surface area contributed by atoms with Crippen LogP contribution in [0.4, 0.5) is 0 Å². The lowest BCUT2D eigenvalue weighted by atomic mass is 10.2. The molecule has 150 valence electrons. The van der Waals surface area contributed by atoms with Crippen LogP contribution in [0.2, 0.25) is 10.0 Å². The molecule has 1 amide bonds. The van der Waals surface area contributed by atoms with Crippen LogP contribution >= 0.6 is 35.0 Å². The molecular formula is C19H22Cl2N4O2S. The smallest absolute Gasteiger partial charge is 0.230 e. The molecule has 28 heavy (non-hydrogen) atoms. The average Bonchev–Trinajstić information content (AvgIpc) is 2.69. The van der Waals surface area contributed by atoms with Crippen molar-refractivity contribution in [2.24, 2.45) is 0 Å². The number of hydrogen-bond acceptors (Lipinski definition) is 6. The molecule has 0 saturated carbocycles. The van der Waals surface area contributed by atoms with E-state index in [0.717, 1.165) is 35.9 Å². The van der Waals surface area contributed by atoms with Gasteiger partial charge < -0.3 is 10.1 Å². The Labute approximate surface area is 178 Å². The number of nitrogens with zero attached hydrogens (tertiary/aromatic N) is 3. The summed E-state index contributed by atoms with van der Waals surface area (Å²) in [5, 5.41) is 12.8. The lowest BCUT2D eigenvalue weighted by Crippen LogP contribution is -2.47. The van der Waals surface area contributed by atoms with Gasteiger partial charge in [0.15, 0.2) is 0 Å². The Kier molecular flexibility index (Phi) is 7.93. The van der Waals surface area contributed by atoms with Crippen LogP contribution in [0.5, 0.6) is 0 Å². The fourth-order valence-corrected chi connectivity index (χ4v) is 3.79. The summed E-state index contributed by atoms with van der Waals surface area (Å²) >= 11 is 13.4. The van der Waals surface area contributed by atoms with Gasteiger partial charge in [0.25, 0.3) is 0 Å². The zero-order valence-electron chi connectivity index (χ0n) is 15.5. The predicted molar refractivity (Wildman–Crippen MR) is 112 cm³/mol. The van der Waals surface area contributed by atoms with Crippen LogP contribution in [-0.4, -0.2) is 59.1 Å². The number of ether oxygens (including phenoxy) is 1. The fraction of sp³-hybridized carbons (Fsp3) is 0.421. The van der Waals surface area contributed by atoms with Gasteiger partial charge in [0.2, 0.25) is 5.91 Å². The van der Waals surface area contributed by atoms with E-state index in [-0.39, 0.29) is 12.0 Å². The van der Waals surface area contributed by atoms with E-state index in [1.165, 1.54) is 11.8 Å². The minimum Gasteiger partial charge on any atom is -0.374 e. The first-order valence-corrected chi connectivity index (χ1v) is 10.7. The SMILES string of the molecule is Cc1ccc(SCC(=O)NC[C@H]2CN(Cc3ccc(Cl)c(Cl)c3)CCO2)nn1. The zero-order valence-corrected chi connectivity index (χ0v) is 17.9. The molecule has 2 aromatic rings. The topological polar surface area (TPSA) is 67.4 Å². The highest BCUT2D eigenvalue weighted by atomic mass is 35.5. The summed E-state index contributed by atoms with van der Waals surface area (Å²) in [6, 6.07) is 9.43. The van der Waals surface area contributed by atoms with Crippen molar-refractivity contribution in [2.45, 2.75) is 24.6 Å². The molecule has 0 bridgehead atoms. The Hall–Kier alpha value is -1.38. The number of thioether (sulfide) groups is 1. The molecule has 3 rings (SSSR count). The Morgan fingerprint density at radius 1 is 1.29 bits per heavy atom. The molecular weight excluding hydrogens is 419 g/mol. The van der Waals surface area contributed by atoms with Gasteiger partial charge in [-0.1, -0.05) is 41.0 Å². The lowest BCUT2D eigenvalue weighted by molar-refractivity contribution is -0.119. The third kappa shape index (κ3) is 6.60. The highest BCUT2D eigenvalue weighted by Crippen LogP contribution is 2.23. The number of carbonyl (C=O) groups excluding carboxylic acids is 1. The molecule has 1 aromatic carbocycles. The third-order valence-corrected chi connectivity index (χ3v) is 5.92. The van der Waals surface area contributed by atoms with Crippen LogP contribution in [0, 0.1) is 6.92 Å². The molecule has 2 heterocycles. The standard InChI is InChI=1S/C19H22Cl2N4O2S/c1-13-2-5-19(24-23-13)28-12-18(26)22-9-15-11-25(6-7-27-15)10-14-3-4-16(20)17(21)8-14/h2-5,8,15H,6-7,9-12H2,1H3,(H,22,26)/t15-/m0/s1. The minimum absolute atomic E-state index is 0.0374. The first-order valence-electron chi connectivity index (χ1n) is 8.97. The van der Waals surface area contributed by atoms with Crippen molar-refractivity contribution in [1.29, 1.82) is 0 Å². The highest BCUT2D eigenvalue weighted by molar-refractivity contribution is 7.99. The second-order valence-electron chi connectivity index (χ2n) is 6.58. The Morgan fingerprint density at radius 3 is 2.89 bits per heavy atom. The quantitative estimate of drug-likeness (QED) is 0.666. The number of nitrogens with one attached hydrogen (secondary N) is 1. The Morgan fingerprint density at radius 2 is 2.14 bits per heavy atom. The molecule has 1 atom stereocenters. The largest absolute Gasteiger partial charge is 0.374 e.